The van der Waals surface area contributed by atoms with Crippen molar-refractivity contribution in [3.8, 4) is 0 Å². The standard InChI is InChI=1S/C15H21BrClN/c1-2-11-3-6-14(7-4-11)18-10-12-9-13(17)5-8-15(12)16/h5,8-9,11,14,18H,2-4,6-7,10H2,1H3. The first kappa shape index (κ1) is 14.4. The zero-order valence-corrected chi connectivity index (χ0v) is 13.2. The second-order valence-electron chi connectivity index (χ2n) is 5.24. The third kappa shape index (κ3) is 3.97. The molecule has 100 valence electrons. The molecule has 1 saturated carbocycles. The number of rotatable bonds is 4. The van der Waals surface area contributed by atoms with Crippen molar-refractivity contribution in [1.29, 1.82) is 0 Å². The average Bonchev–Trinajstić information content (AvgIpc) is 2.40. The van der Waals surface area contributed by atoms with Crippen molar-refractivity contribution >= 4 is 27.5 Å². The molecule has 1 aliphatic rings. The summed E-state index contributed by atoms with van der Waals surface area (Å²) in [5.74, 6) is 0.959. The molecule has 0 aliphatic heterocycles. The van der Waals surface area contributed by atoms with Gasteiger partial charge in [-0.05, 0) is 55.4 Å². The Labute approximate surface area is 123 Å². The minimum absolute atomic E-state index is 0.679. The lowest BCUT2D eigenvalue weighted by Crippen LogP contribution is -2.32. The maximum atomic E-state index is 6.03. The van der Waals surface area contributed by atoms with Crippen molar-refractivity contribution in [1.82, 2.24) is 5.32 Å². The van der Waals surface area contributed by atoms with Gasteiger partial charge in [-0.25, -0.2) is 0 Å². The van der Waals surface area contributed by atoms with Crippen LogP contribution in [0.3, 0.4) is 0 Å². The molecular weight excluding hydrogens is 310 g/mol. The monoisotopic (exact) mass is 329 g/mol. The molecule has 3 heteroatoms. The molecule has 0 heterocycles. The molecule has 1 nitrogen and oxygen atoms in total. The molecule has 0 amide bonds. The average molecular weight is 331 g/mol. The van der Waals surface area contributed by atoms with Gasteiger partial charge < -0.3 is 5.32 Å². The first-order chi connectivity index (χ1) is 8.69. The normalized spacial score (nSPS) is 24.2. The summed E-state index contributed by atoms with van der Waals surface area (Å²) < 4.78 is 1.14. The minimum atomic E-state index is 0.679. The smallest absolute Gasteiger partial charge is 0.0410 e. The van der Waals surface area contributed by atoms with Crippen LogP contribution in [0.15, 0.2) is 22.7 Å². The van der Waals surface area contributed by atoms with Gasteiger partial charge in [0, 0.05) is 22.1 Å². The van der Waals surface area contributed by atoms with E-state index in [2.05, 4.69) is 28.2 Å². The molecule has 0 atom stereocenters. The SMILES string of the molecule is CCC1CCC(NCc2cc(Cl)ccc2Br)CC1. The van der Waals surface area contributed by atoms with Crippen molar-refractivity contribution in [2.45, 2.75) is 51.6 Å². The van der Waals surface area contributed by atoms with Gasteiger partial charge in [0.25, 0.3) is 0 Å². The summed E-state index contributed by atoms with van der Waals surface area (Å²) in [5, 5.41) is 4.47. The highest BCUT2D eigenvalue weighted by molar-refractivity contribution is 9.10. The molecule has 0 radical (unpaired) electrons. The van der Waals surface area contributed by atoms with Crippen LogP contribution in [0, 0.1) is 5.92 Å². The Balaban J connectivity index is 1.83. The number of nitrogens with one attached hydrogen (secondary N) is 1. The van der Waals surface area contributed by atoms with Crippen LogP contribution in [0.5, 0.6) is 0 Å². The third-order valence-corrected chi connectivity index (χ3v) is 5.02. The third-order valence-electron chi connectivity index (χ3n) is 4.01. The molecular formula is C15H21BrClN. The molecule has 0 aromatic heterocycles. The Hall–Kier alpha value is -0.0500. The maximum Gasteiger partial charge on any atom is 0.0410 e. The molecule has 1 aliphatic carbocycles. The highest BCUT2D eigenvalue weighted by atomic mass is 79.9. The lowest BCUT2D eigenvalue weighted by molar-refractivity contribution is 0.285. The van der Waals surface area contributed by atoms with E-state index in [0.29, 0.717) is 6.04 Å². The Morgan fingerprint density at radius 1 is 1.28 bits per heavy atom. The molecule has 1 aromatic carbocycles. The van der Waals surface area contributed by atoms with E-state index in [9.17, 15) is 0 Å². The van der Waals surface area contributed by atoms with Gasteiger partial charge in [-0.3, -0.25) is 0 Å². The van der Waals surface area contributed by atoms with Crippen molar-refractivity contribution in [2.24, 2.45) is 5.92 Å². The van der Waals surface area contributed by atoms with E-state index in [0.717, 1.165) is 22.0 Å². The van der Waals surface area contributed by atoms with Crippen molar-refractivity contribution in [2.75, 3.05) is 0 Å². The second kappa shape index (κ2) is 6.93. The van der Waals surface area contributed by atoms with E-state index in [1.807, 2.05) is 18.2 Å². The van der Waals surface area contributed by atoms with Crippen LogP contribution in [-0.4, -0.2) is 6.04 Å². The van der Waals surface area contributed by atoms with Crippen LogP contribution in [-0.2, 0) is 6.54 Å². The lowest BCUT2D eigenvalue weighted by Gasteiger charge is -2.28. The highest BCUT2D eigenvalue weighted by Crippen LogP contribution is 2.27. The summed E-state index contributed by atoms with van der Waals surface area (Å²) in [6, 6.07) is 6.66. The van der Waals surface area contributed by atoms with Crippen molar-refractivity contribution < 1.29 is 0 Å². The van der Waals surface area contributed by atoms with Gasteiger partial charge in [-0.15, -0.1) is 0 Å². The molecule has 0 saturated heterocycles. The Morgan fingerprint density at radius 3 is 2.67 bits per heavy atom. The van der Waals surface area contributed by atoms with Gasteiger partial charge in [-0.1, -0.05) is 40.9 Å². The van der Waals surface area contributed by atoms with E-state index in [1.165, 1.54) is 37.7 Å². The first-order valence-electron chi connectivity index (χ1n) is 6.86. The molecule has 1 aromatic rings. The Bertz CT molecular complexity index is 386. The van der Waals surface area contributed by atoms with Gasteiger partial charge in [0.15, 0.2) is 0 Å². The topological polar surface area (TPSA) is 12.0 Å². The number of hydrogen-bond donors (Lipinski definition) is 1. The Morgan fingerprint density at radius 2 is 2.00 bits per heavy atom. The van der Waals surface area contributed by atoms with Gasteiger partial charge in [-0.2, -0.15) is 0 Å². The molecule has 18 heavy (non-hydrogen) atoms. The van der Waals surface area contributed by atoms with E-state index in [4.69, 9.17) is 11.6 Å². The second-order valence-corrected chi connectivity index (χ2v) is 6.53. The molecule has 1 N–H and O–H groups in total. The summed E-state index contributed by atoms with van der Waals surface area (Å²) in [6.07, 6.45) is 6.73. The van der Waals surface area contributed by atoms with Crippen LogP contribution in [0.25, 0.3) is 0 Å². The van der Waals surface area contributed by atoms with Gasteiger partial charge in [0.2, 0.25) is 0 Å². The molecule has 1 fully saturated rings. The van der Waals surface area contributed by atoms with E-state index in [-0.39, 0.29) is 0 Å². The predicted molar refractivity (Wildman–Crippen MR) is 82.0 cm³/mol. The summed E-state index contributed by atoms with van der Waals surface area (Å²) in [6.45, 7) is 3.21. The van der Waals surface area contributed by atoms with E-state index < -0.39 is 0 Å². The van der Waals surface area contributed by atoms with Crippen molar-refractivity contribution in [3.63, 3.8) is 0 Å². The van der Waals surface area contributed by atoms with Gasteiger partial charge in [0.1, 0.15) is 0 Å². The molecule has 0 bridgehead atoms. The lowest BCUT2D eigenvalue weighted by atomic mass is 9.84. The fourth-order valence-corrected chi connectivity index (χ4v) is 3.29. The molecule has 0 spiro atoms. The van der Waals surface area contributed by atoms with Crippen molar-refractivity contribution in [3.05, 3.63) is 33.3 Å². The van der Waals surface area contributed by atoms with E-state index in [1.54, 1.807) is 0 Å². The first-order valence-corrected chi connectivity index (χ1v) is 8.03. The van der Waals surface area contributed by atoms with Gasteiger partial charge in [0.05, 0.1) is 0 Å². The van der Waals surface area contributed by atoms with Crippen LogP contribution in [0.1, 0.15) is 44.6 Å². The predicted octanol–water partition coefficient (Wildman–Crippen LogP) is 5.16. The summed E-state index contributed by atoms with van der Waals surface area (Å²) in [5.41, 5.74) is 1.25. The zero-order valence-electron chi connectivity index (χ0n) is 10.9. The van der Waals surface area contributed by atoms with Crippen LogP contribution < -0.4 is 5.32 Å². The maximum absolute atomic E-state index is 6.03. The van der Waals surface area contributed by atoms with Crippen LogP contribution >= 0.6 is 27.5 Å². The van der Waals surface area contributed by atoms with E-state index >= 15 is 0 Å². The largest absolute Gasteiger partial charge is 0.310 e. The van der Waals surface area contributed by atoms with Crippen LogP contribution in [0.2, 0.25) is 5.02 Å². The summed E-state index contributed by atoms with van der Waals surface area (Å²) >= 11 is 9.61. The Kier molecular flexibility index (Phi) is 5.53. The number of benzene rings is 1. The molecule has 0 unspecified atom stereocenters. The highest BCUT2D eigenvalue weighted by Gasteiger charge is 2.19. The fourth-order valence-electron chi connectivity index (χ4n) is 2.71. The molecule has 2 rings (SSSR count). The fraction of sp³-hybridized carbons (Fsp3) is 0.600. The summed E-state index contributed by atoms with van der Waals surface area (Å²) in [4.78, 5) is 0. The zero-order chi connectivity index (χ0) is 13.0. The van der Waals surface area contributed by atoms with Gasteiger partial charge >= 0.3 is 0 Å². The number of halogens is 2. The number of hydrogen-bond acceptors (Lipinski definition) is 1. The van der Waals surface area contributed by atoms with Crippen LogP contribution in [0.4, 0.5) is 0 Å². The minimum Gasteiger partial charge on any atom is -0.310 e. The quantitative estimate of drug-likeness (QED) is 0.804. The summed E-state index contributed by atoms with van der Waals surface area (Å²) in [7, 11) is 0.